The third kappa shape index (κ3) is 3.29. The smallest absolute Gasteiger partial charge is 0.0300 e. The molecule has 0 heteroatoms. The number of unbranched alkanes of at least 4 members (excludes halogenated alkanes) is 1. The second-order valence-electron chi connectivity index (χ2n) is 5.49. The van der Waals surface area contributed by atoms with E-state index in [9.17, 15) is 0 Å². The van der Waals surface area contributed by atoms with Crippen molar-refractivity contribution in [2.75, 3.05) is 0 Å². The Balaban J connectivity index is 2.49. The lowest BCUT2D eigenvalue weighted by Gasteiger charge is -2.31. The Morgan fingerprint density at radius 2 is 1.93 bits per heavy atom. The van der Waals surface area contributed by atoms with E-state index in [1.165, 1.54) is 57.8 Å². The number of hydrogen-bond acceptors (Lipinski definition) is 0. The molecule has 84 valence electrons. The fourth-order valence-electron chi connectivity index (χ4n) is 2.98. The second kappa shape index (κ2) is 5.78. The van der Waals surface area contributed by atoms with Crippen LogP contribution in [0.2, 0.25) is 0 Å². The largest absolute Gasteiger partial charge is 0.0654 e. The molecule has 0 aliphatic heterocycles. The molecule has 0 bridgehead atoms. The molecule has 0 heterocycles. The molecular weight excluding hydrogens is 168 g/mol. The zero-order valence-electron chi connectivity index (χ0n) is 10.4. The van der Waals surface area contributed by atoms with Crippen LogP contribution >= 0.6 is 0 Å². The van der Waals surface area contributed by atoms with Gasteiger partial charge in [-0.1, -0.05) is 59.3 Å². The molecule has 1 rings (SSSR count). The Hall–Kier alpha value is 0. The molecule has 1 aliphatic rings. The standard InChI is InChI=1S/C14H28/c1-4-6-10-14(5-2)11-7-8-13(3)9-12-14/h13H,4-12H2,1-3H3. The molecule has 2 atom stereocenters. The van der Waals surface area contributed by atoms with Gasteiger partial charge in [0.1, 0.15) is 0 Å². The maximum absolute atomic E-state index is 2.44. The molecule has 0 amide bonds. The third-order valence-corrected chi connectivity index (χ3v) is 4.38. The van der Waals surface area contributed by atoms with Gasteiger partial charge in [0.25, 0.3) is 0 Å². The van der Waals surface area contributed by atoms with Gasteiger partial charge < -0.3 is 0 Å². The van der Waals surface area contributed by atoms with Gasteiger partial charge in [-0.3, -0.25) is 0 Å². The summed E-state index contributed by atoms with van der Waals surface area (Å²) in [7, 11) is 0. The zero-order chi connectivity index (χ0) is 10.4. The highest BCUT2D eigenvalue weighted by Crippen LogP contribution is 2.43. The summed E-state index contributed by atoms with van der Waals surface area (Å²) in [4.78, 5) is 0. The first-order valence-corrected chi connectivity index (χ1v) is 6.72. The molecule has 0 nitrogen and oxygen atoms in total. The lowest BCUT2D eigenvalue weighted by molar-refractivity contribution is 0.204. The highest BCUT2D eigenvalue weighted by atomic mass is 14.3. The van der Waals surface area contributed by atoms with Gasteiger partial charge in [-0.2, -0.15) is 0 Å². The topological polar surface area (TPSA) is 0 Å². The van der Waals surface area contributed by atoms with Crippen molar-refractivity contribution in [3.63, 3.8) is 0 Å². The molecule has 1 saturated carbocycles. The summed E-state index contributed by atoms with van der Waals surface area (Å²) < 4.78 is 0. The fraction of sp³-hybridized carbons (Fsp3) is 1.00. The van der Waals surface area contributed by atoms with Gasteiger partial charge in [0.15, 0.2) is 0 Å². The van der Waals surface area contributed by atoms with E-state index >= 15 is 0 Å². The van der Waals surface area contributed by atoms with Crippen molar-refractivity contribution in [2.45, 2.75) is 78.6 Å². The minimum absolute atomic E-state index is 0.737. The quantitative estimate of drug-likeness (QED) is 0.544. The molecule has 14 heavy (non-hydrogen) atoms. The van der Waals surface area contributed by atoms with E-state index in [0.717, 1.165) is 11.3 Å². The van der Waals surface area contributed by atoms with E-state index in [1.54, 1.807) is 0 Å². The Morgan fingerprint density at radius 3 is 2.57 bits per heavy atom. The van der Waals surface area contributed by atoms with Crippen molar-refractivity contribution < 1.29 is 0 Å². The highest BCUT2D eigenvalue weighted by molar-refractivity contribution is 4.81. The van der Waals surface area contributed by atoms with Gasteiger partial charge >= 0.3 is 0 Å². The number of hydrogen-bond donors (Lipinski definition) is 0. The number of rotatable bonds is 4. The third-order valence-electron chi connectivity index (χ3n) is 4.38. The summed E-state index contributed by atoms with van der Waals surface area (Å²) in [5.74, 6) is 0.991. The average Bonchev–Trinajstić information content (AvgIpc) is 2.39. The Kier molecular flexibility index (Phi) is 4.98. The van der Waals surface area contributed by atoms with Crippen LogP contribution in [0, 0.1) is 11.3 Å². The molecule has 1 fully saturated rings. The molecule has 0 aromatic carbocycles. The molecule has 0 aromatic heterocycles. The lowest BCUT2D eigenvalue weighted by Crippen LogP contribution is -2.18. The monoisotopic (exact) mass is 196 g/mol. The van der Waals surface area contributed by atoms with Crippen LogP contribution in [-0.2, 0) is 0 Å². The van der Waals surface area contributed by atoms with E-state index in [1.807, 2.05) is 0 Å². The van der Waals surface area contributed by atoms with Crippen molar-refractivity contribution in [3.05, 3.63) is 0 Å². The normalized spacial score (nSPS) is 34.1. The van der Waals surface area contributed by atoms with E-state index in [2.05, 4.69) is 20.8 Å². The van der Waals surface area contributed by atoms with Gasteiger partial charge in [0, 0.05) is 0 Å². The first-order chi connectivity index (χ1) is 6.72. The highest BCUT2D eigenvalue weighted by Gasteiger charge is 2.29. The van der Waals surface area contributed by atoms with Crippen LogP contribution in [-0.4, -0.2) is 0 Å². The first-order valence-electron chi connectivity index (χ1n) is 6.72. The van der Waals surface area contributed by atoms with E-state index in [-0.39, 0.29) is 0 Å². The van der Waals surface area contributed by atoms with Crippen LogP contribution < -0.4 is 0 Å². The summed E-state index contributed by atoms with van der Waals surface area (Å²) in [5, 5.41) is 0. The van der Waals surface area contributed by atoms with E-state index < -0.39 is 0 Å². The molecular formula is C14H28. The average molecular weight is 196 g/mol. The second-order valence-corrected chi connectivity index (χ2v) is 5.49. The Labute approximate surface area is 90.5 Å². The Bertz CT molecular complexity index is 146. The maximum atomic E-state index is 2.44. The minimum atomic E-state index is 0.737. The van der Waals surface area contributed by atoms with Gasteiger partial charge in [-0.05, 0) is 30.6 Å². The van der Waals surface area contributed by atoms with E-state index in [4.69, 9.17) is 0 Å². The maximum Gasteiger partial charge on any atom is -0.0300 e. The van der Waals surface area contributed by atoms with Crippen LogP contribution in [0.1, 0.15) is 78.6 Å². The molecule has 0 N–H and O–H groups in total. The van der Waals surface area contributed by atoms with Crippen molar-refractivity contribution in [3.8, 4) is 0 Å². The van der Waals surface area contributed by atoms with Crippen LogP contribution in [0.25, 0.3) is 0 Å². The molecule has 0 saturated heterocycles. The van der Waals surface area contributed by atoms with Crippen LogP contribution in [0.15, 0.2) is 0 Å². The predicted molar refractivity (Wildman–Crippen MR) is 64.5 cm³/mol. The SMILES string of the molecule is CCCCC1(CC)CCCC(C)CC1. The van der Waals surface area contributed by atoms with Crippen molar-refractivity contribution in [2.24, 2.45) is 11.3 Å². The van der Waals surface area contributed by atoms with Gasteiger partial charge in [-0.15, -0.1) is 0 Å². The molecule has 0 aromatic rings. The van der Waals surface area contributed by atoms with Gasteiger partial charge in [0.05, 0.1) is 0 Å². The minimum Gasteiger partial charge on any atom is -0.0654 e. The van der Waals surface area contributed by atoms with Crippen LogP contribution in [0.3, 0.4) is 0 Å². The molecule has 2 unspecified atom stereocenters. The summed E-state index contributed by atoms with van der Waals surface area (Å²) in [6.07, 6.45) is 13.2. The Morgan fingerprint density at radius 1 is 1.14 bits per heavy atom. The van der Waals surface area contributed by atoms with E-state index in [0.29, 0.717) is 0 Å². The van der Waals surface area contributed by atoms with Crippen LogP contribution in [0.5, 0.6) is 0 Å². The molecule has 0 radical (unpaired) electrons. The summed E-state index contributed by atoms with van der Waals surface area (Å²) in [6, 6.07) is 0. The van der Waals surface area contributed by atoms with Gasteiger partial charge in [0.2, 0.25) is 0 Å². The predicted octanol–water partition coefficient (Wildman–Crippen LogP) is 5.17. The molecule has 1 aliphatic carbocycles. The van der Waals surface area contributed by atoms with Crippen molar-refractivity contribution in [1.82, 2.24) is 0 Å². The van der Waals surface area contributed by atoms with Gasteiger partial charge in [-0.25, -0.2) is 0 Å². The zero-order valence-corrected chi connectivity index (χ0v) is 10.4. The lowest BCUT2D eigenvalue weighted by atomic mass is 9.74. The molecule has 0 spiro atoms. The summed E-state index contributed by atoms with van der Waals surface area (Å²) in [5.41, 5.74) is 0.737. The fourth-order valence-corrected chi connectivity index (χ4v) is 2.98. The summed E-state index contributed by atoms with van der Waals surface area (Å²) >= 11 is 0. The van der Waals surface area contributed by atoms with Crippen molar-refractivity contribution in [1.29, 1.82) is 0 Å². The first kappa shape index (κ1) is 12.1. The summed E-state index contributed by atoms with van der Waals surface area (Å²) in [6.45, 7) is 7.17. The van der Waals surface area contributed by atoms with Crippen molar-refractivity contribution >= 4 is 0 Å². The van der Waals surface area contributed by atoms with Crippen LogP contribution in [0.4, 0.5) is 0 Å².